The zero-order valence-electron chi connectivity index (χ0n) is 23.7. The molecule has 6 rings (SSSR count). The normalized spacial score (nSPS) is 24.9. The highest BCUT2D eigenvalue weighted by molar-refractivity contribution is 5.98. The van der Waals surface area contributed by atoms with Gasteiger partial charge in [0.1, 0.15) is 0 Å². The lowest BCUT2D eigenvalue weighted by Crippen LogP contribution is -2.41. The fourth-order valence-corrected chi connectivity index (χ4v) is 8.34. The lowest BCUT2D eigenvalue weighted by atomic mass is 9.64. The fourth-order valence-electron chi connectivity index (χ4n) is 8.34. The lowest BCUT2D eigenvalue weighted by molar-refractivity contribution is -0.137. The average molecular weight is 527 g/mol. The molecule has 0 saturated heterocycles. The van der Waals surface area contributed by atoms with Gasteiger partial charge in [-0.1, -0.05) is 62.9 Å². The summed E-state index contributed by atoms with van der Waals surface area (Å²) in [5.74, 6) is 1.05. The van der Waals surface area contributed by atoms with Crippen molar-refractivity contribution in [2.24, 2.45) is 17.8 Å². The largest absolute Gasteiger partial charge is 0.478 e. The third-order valence-corrected chi connectivity index (χ3v) is 10.1. The summed E-state index contributed by atoms with van der Waals surface area (Å²) in [6.07, 6.45) is 10.3. The van der Waals surface area contributed by atoms with Crippen LogP contribution in [0.4, 0.5) is 0 Å². The van der Waals surface area contributed by atoms with Crippen LogP contribution in [0.5, 0.6) is 0 Å². The number of aromatic carboxylic acids is 1. The number of carboxylic acids is 1. The first-order valence-electron chi connectivity index (χ1n) is 15.1. The molecule has 5 heteroatoms. The maximum atomic E-state index is 13.4. The van der Waals surface area contributed by atoms with Gasteiger partial charge in [-0.2, -0.15) is 0 Å². The van der Waals surface area contributed by atoms with Gasteiger partial charge in [-0.3, -0.25) is 4.79 Å². The SMILES string of the molecule is CCCC1CC2c3ccccc3-c3c(C4CCCCC4)c4ccc(C(=O)O)cc4n3CC2CC1C(=O)N(C)C. The molecule has 1 aromatic heterocycles. The summed E-state index contributed by atoms with van der Waals surface area (Å²) in [4.78, 5) is 27.3. The minimum atomic E-state index is -0.879. The summed E-state index contributed by atoms with van der Waals surface area (Å²) in [6.45, 7) is 3.07. The molecule has 1 amide bonds. The summed E-state index contributed by atoms with van der Waals surface area (Å²) in [5.41, 5.74) is 6.89. The molecule has 5 nitrogen and oxygen atoms in total. The molecule has 4 unspecified atom stereocenters. The van der Waals surface area contributed by atoms with E-state index in [1.807, 2.05) is 20.2 Å². The third kappa shape index (κ3) is 4.48. The number of carbonyl (C=O) groups is 2. The van der Waals surface area contributed by atoms with Crippen molar-refractivity contribution in [2.75, 3.05) is 14.1 Å². The Morgan fingerprint density at radius 2 is 1.79 bits per heavy atom. The zero-order chi connectivity index (χ0) is 27.3. The van der Waals surface area contributed by atoms with Gasteiger partial charge in [0, 0.05) is 43.0 Å². The number of benzene rings is 2. The van der Waals surface area contributed by atoms with E-state index in [1.54, 1.807) is 11.0 Å². The quantitative estimate of drug-likeness (QED) is 0.371. The molecule has 1 N–H and O–H groups in total. The monoisotopic (exact) mass is 526 g/mol. The molecule has 2 heterocycles. The van der Waals surface area contributed by atoms with Crippen molar-refractivity contribution in [3.63, 3.8) is 0 Å². The molecule has 206 valence electrons. The Hall–Kier alpha value is -3.08. The number of hydrogen-bond donors (Lipinski definition) is 1. The van der Waals surface area contributed by atoms with Crippen molar-refractivity contribution in [1.82, 2.24) is 9.47 Å². The van der Waals surface area contributed by atoms with Gasteiger partial charge in [0.25, 0.3) is 0 Å². The Kier molecular flexibility index (Phi) is 7.03. The van der Waals surface area contributed by atoms with Crippen molar-refractivity contribution in [2.45, 2.75) is 83.1 Å². The van der Waals surface area contributed by atoms with Crippen molar-refractivity contribution < 1.29 is 14.7 Å². The molecular formula is C34H42N2O3. The first-order valence-corrected chi connectivity index (χ1v) is 15.1. The number of carboxylic acid groups (broad SMARTS) is 1. The van der Waals surface area contributed by atoms with Crippen LogP contribution in [0.2, 0.25) is 0 Å². The van der Waals surface area contributed by atoms with Crippen LogP contribution in [-0.4, -0.2) is 40.5 Å². The molecule has 0 bridgehead atoms. The third-order valence-electron chi connectivity index (χ3n) is 10.1. The smallest absolute Gasteiger partial charge is 0.335 e. The van der Waals surface area contributed by atoms with Crippen LogP contribution in [0.1, 0.15) is 98.0 Å². The molecule has 2 fully saturated rings. The predicted octanol–water partition coefficient (Wildman–Crippen LogP) is 7.68. The number of amides is 1. The first kappa shape index (κ1) is 26.2. The van der Waals surface area contributed by atoms with Crippen LogP contribution in [0.25, 0.3) is 22.2 Å². The van der Waals surface area contributed by atoms with Crippen molar-refractivity contribution in [3.8, 4) is 11.3 Å². The number of fused-ring (bicyclic) bond motifs is 7. The van der Waals surface area contributed by atoms with Gasteiger partial charge in [0.2, 0.25) is 5.91 Å². The topological polar surface area (TPSA) is 62.5 Å². The van der Waals surface area contributed by atoms with Crippen LogP contribution < -0.4 is 0 Å². The Morgan fingerprint density at radius 3 is 2.51 bits per heavy atom. The van der Waals surface area contributed by atoms with Gasteiger partial charge < -0.3 is 14.6 Å². The van der Waals surface area contributed by atoms with Crippen LogP contribution >= 0.6 is 0 Å². The Labute approximate surface area is 232 Å². The maximum absolute atomic E-state index is 13.4. The van der Waals surface area contributed by atoms with Crippen LogP contribution in [0.15, 0.2) is 42.5 Å². The molecule has 4 atom stereocenters. The second kappa shape index (κ2) is 10.5. The Balaban J connectivity index is 1.57. The molecule has 1 aliphatic heterocycles. The molecule has 3 aliphatic rings. The summed E-state index contributed by atoms with van der Waals surface area (Å²) in [5, 5.41) is 11.1. The molecule has 39 heavy (non-hydrogen) atoms. The molecule has 0 radical (unpaired) electrons. The zero-order valence-corrected chi connectivity index (χ0v) is 23.7. The van der Waals surface area contributed by atoms with Crippen molar-refractivity contribution in [3.05, 3.63) is 59.2 Å². The van der Waals surface area contributed by atoms with Gasteiger partial charge >= 0.3 is 5.97 Å². The molecule has 2 aromatic carbocycles. The van der Waals surface area contributed by atoms with Crippen LogP contribution in [-0.2, 0) is 11.3 Å². The summed E-state index contributed by atoms with van der Waals surface area (Å²) in [7, 11) is 3.78. The molecule has 3 aromatic rings. The standard InChI is InChI=1S/C34H42N2O3/c1-4-10-22-17-28-24(18-29(22)33(37)35(2)3)20-36-30-19-23(34(38)39)15-16-27(30)31(21-11-6-5-7-12-21)32(36)26-14-9-8-13-25(26)28/h8-9,13-16,19,21-22,24,28-29H,4-7,10-12,17-18,20H2,1-3H3,(H,38,39). The van der Waals surface area contributed by atoms with E-state index in [9.17, 15) is 14.7 Å². The summed E-state index contributed by atoms with van der Waals surface area (Å²) in [6, 6.07) is 14.8. The van der Waals surface area contributed by atoms with E-state index >= 15 is 0 Å². The van der Waals surface area contributed by atoms with Gasteiger partial charge in [-0.25, -0.2) is 4.79 Å². The lowest BCUT2D eigenvalue weighted by Gasteiger charge is -2.42. The van der Waals surface area contributed by atoms with Gasteiger partial charge in [-0.05, 0) is 79.0 Å². The molecule has 0 spiro atoms. The molecular weight excluding hydrogens is 484 g/mol. The number of hydrogen-bond acceptors (Lipinski definition) is 2. The minimum Gasteiger partial charge on any atom is -0.478 e. The summed E-state index contributed by atoms with van der Waals surface area (Å²) < 4.78 is 2.46. The Morgan fingerprint density at radius 1 is 1.03 bits per heavy atom. The molecule has 2 saturated carbocycles. The van der Waals surface area contributed by atoms with Gasteiger partial charge in [0.15, 0.2) is 0 Å². The van der Waals surface area contributed by atoms with Crippen molar-refractivity contribution >= 4 is 22.8 Å². The fraction of sp³-hybridized carbons (Fsp3) is 0.529. The van der Waals surface area contributed by atoms with E-state index in [0.717, 1.165) is 37.7 Å². The highest BCUT2D eigenvalue weighted by Gasteiger charge is 2.44. The van der Waals surface area contributed by atoms with E-state index in [4.69, 9.17) is 0 Å². The second-order valence-electron chi connectivity index (χ2n) is 12.6. The first-order chi connectivity index (χ1) is 18.9. The maximum Gasteiger partial charge on any atom is 0.335 e. The van der Waals surface area contributed by atoms with Crippen LogP contribution in [0.3, 0.4) is 0 Å². The highest BCUT2D eigenvalue weighted by Crippen LogP contribution is 2.54. The van der Waals surface area contributed by atoms with E-state index < -0.39 is 5.97 Å². The number of aromatic nitrogens is 1. The van der Waals surface area contributed by atoms with Crippen molar-refractivity contribution in [1.29, 1.82) is 0 Å². The van der Waals surface area contributed by atoms with E-state index in [0.29, 0.717) is 29.2 Å². The minimum absolute atomic E-state index is 0.0455. The number of nitrogens with zero attached hydrogens (tertiary/aromatic N) is 2. The number of rotatable bonds is 5. The van der Waals surface area contributed by atoms with E-state index in [-0.39, 0.29) is 11.8 Å². The Bertz CT molecular complexity index is 1400. The second-order valence-corrected chi connectivity index (χ2v) is 12.6. The summed E-state index contributed by atoms with van der Waals surface area (Å²) >= 11 is 0. The molecule has 2 aliphatic carbocycles. The van der Waals surface area contributed by atoms with E-state index in [2.05, 4.69) is 41.8 Å². The van der Waals surface area contributed by atoms with E-state index in [1.165, 1.54) is 59.9 Å². The average Bonchev–Trinajstić information content (AvgIpc) is 3.19. The van der Waals surface area contributed by atoms with Gasteiger partial charge in [0.05, 0.1) is 11.3 Å². The van der Waals surface area contributed by atoms with Crippen LogP contribution in [0, 0.1) is 17.8 Å². The number of carbonyl (C=O) groups excluding carboxylic acids is 1. The predicted molar refractivity (Wildman–Crippen MR) is 156 cm³/mol. The highest BCUT2D eigenvalue weighted by atomic mass is 16.4. The van der Waals surface area contributed by atoms with Gasteiger partial charge in [-0.15, -0.1) is 0 Å².